The summed E-state index contributed by atoms with van der Waals surface area (Å²) in [5.41, 5.74) is 7.48. The van der Waals surface area contributed by atoms with Gasteiger partial charge in [0, 0.05) is 5.38 Å². The highest BCUT2D eigenvalue weighted by atomic mass is 32.1. The average Bonchev–Trinajstić information content (AvgIpc) is 3.01. The number of rotatable bonds is 2. The molecule has 0 spiro atoms. The van der Waals surface area contributed by atoms with Gasteiger partial charge in [0.05, 0.1) is 16.1 Å². The van der Waals surface area contributed by atoms with Crippen molar-refractivity contribution in [3.63, 3.8) is 0 Å². The van der Waals surface area contributed by atoms with Gasteiger partial charge in [-0.3, -0.25) is 0 Å². The topological polar surface area (TPSA) is 38.9 Å². The van der Waals surface area contributed by atoms with E-state index in [9.17, 15) is 0 Å². The molecule has 0 atom stereocenters. The van der Waals surface area contributed by atoms with Gasteiger partial charge in [-0.2, -0.15) is 0 Å². The lowest BCUT2D eigenvalue weighted by atomic mass is 9.78. The van der Waals surface area contributed by atoms with E-state index in [4.69, 9.17) is 10.7 Å². The van der Waals surface area contributed by atoms with Crippen LogP contribution in [0.2, 0.25) is 0 Å². The van der Waals surface area contributed by atoms with Crippen molar-refractivity contribution < 1.29 is 0 Å². The van der Waals surface area contributed by atoms with Gasteiger partial charge in [0.1, 0.15) is 5.01 Å². The van der Waals surface area contributed by atoms with Crippen LogP contribution in [0.5, 0.6) is 0 Å². The first-order chi connectivity index (χ1) is 8.67. The molecule has 0 amide bonds. The standard InChI is InChI=1S/C14H18N2S2/c1-10-4-6-14(15,7-5-10)13-16-11(9-18-13)12-3-2-8-17-12/h2-3,8-10H,4-7,15H2,1H3. The van der Waals surface area contributed by atoms with E-state index in [1.807, 2.05) is 0 Å². The zero-order valence-electron chi connectivity index (χ0n) is 10.6. The largest absolute Gasteiger partial charge is 0.319 e. The summed E-state index contributed by atoms with van der Waals surface area (Å²) in [6, 6.07) is 4.19. The van der Waals surface area contributed by atoms with Crippen LogP contribution in [0.4, 0.5) is 0 Å². The Morgan fingerprint density at radius 3 is 2.78 bits per heavy atom. The molecule has 0 radical (unpaired) electrons. The summed E-state index contributed by atoms with van der Waals surface area (Å²) >= 11 is 3.46. The van der Waals surface area contributed by atoms with Crippen molar-refractivity contribution in [3.05, 3.63) is 27.9 Å². The fourth-order valence-corrected chi connectivity index (χ4v) is 4.28. The maximum absolute atomic E-state index is 6.56. The van der Waals surface area contributed by atoms with Crippen LogP contribution in [-0.2, 0) is 5.54 Å². The van der Waals surface area contributed by atoms with E-state index in [2.05, 4.69) is 29.8 Å². The number of thiazole rings is 1. The van der Waals surface area contributed by atoms with E-state index in [0.29, 0.717) is 0 Å². The van der Waals surface area contributed by atoms with E-state index in [0.717, 1.165) is 29.5 Å². The normalized spacial score (nSPS) is 28.4. The molecular weight excluding hydrogens is 260 g/mol. The third-order valence-corrected chi connectivity index (χ3v) is 5.82. The molecule has 0 bridgehead atoms. The summed E-state index contributed by atoms with van der Waals surface area (Å²) in [4.78, 5) is 6.02. The summed E-state index contributed by atoms with van der Waals surface area (Å²) in [6.07, 6.45) is 4.60. The van der Waals surface area contributed by atoms with Gasteiger partial charge >= 0.3 is 0 Å². The highest BCUT2D eigenvalue weighted by molar-refractivity contribution is 7.14. The summed E-state index contributed by atoms with van der Waals surface area (Å²) in [5.74, 6) is 0.818. The maximum atomic E-state index is 6.56. The molecule has 2 aromatic rings. The first-order valence-electron chi connectivity index (χ1n) is 6.46. The van der Waals surface area contributed by atoms with Crippen LogP contribution in [0.3, 0.4) is 0 Å². The molecule has 0 aliphatic heterocycles. The van der Waals surface area contributed by atoms with E-state index in [-0.39, 0.29) is 5.54 Å². The lowest BCUT2D eigenvalue weighted by molar-refractivity contribution is 0.247. The van der Waals surface area contributed by atoms with Crippen LogP contribution in [0.25, 0.3) is 10.6 Å². The van der Waals surface area contributed by atoms with Gasteiger partial charge in [-0.25, -0.2) is 4.98 Å². The molecule has 1 saturated carbocycles. The van der Waals surface area contributed by atoms with Crippen LogP contribution in [-0.4, -0.2) is 4.98 Å². The van der Waals surface area contributed by atoms with Gasteiger partial charge in [-0.05, 0) is 43.0 Å². The SMILES string of the molecule is CC1CCC(N)(c2nc(-c3cccs3)cs2)CC1. The van der Waals surface area contributed by atoms with Crippen molar-refractivity contribution in [3.8, 4) is 10.6 Å². The van der Waals surface area contributed by atoms with Crippen LogP contribution in [0.15, 0.2) is 22.9 Å². The van der Waals surface area contributed by atoms with Gasteiger partial charge in [-0.15, -0.1) is 22.7 Å². The Morgan fingerprint density at radius 2 is 2.11 bits per heavy atom. The molecule has 4 heteroatoms. The lowest BCUT2D eigenvalue weighted by Crippen LogP contribution is -2.40. The predicted molar refractivity (Wildman–Crippen MR) is 78.9 cm³/mol. The zero-order valence-corrected chi connectivity index (χ0v) is 12.2. The van der Waals surface area contributed by atoms with Crippen molar-refractivity contribution in [1.82, 2.24) is 4.98 Å². The minimum Gasteiger partial charge on any atom is -0.319 e. The monoisotopic (exact) mass is 278 g/mol. The molecular formula is C14H18N2S2. The van der Waals surface area contributed by atoms with Crippen LogP contribution < -0.4 is 5.73 Å². The van der Waals surface area contributed by atoms with Crippen molar-refractivity contribution in [2.75, 3.05) is 0 Å². The lowest BCUT2D eigenvalue weighted by Gasteiger charge is -2.34. The van der Waals surface area contributed by atoms with E-state index < -0.39 is 0 Å². The third-order valence-electron chi connectivity index (χ3n) is 3.87. The second-order valence-corrected chi connectivity index (χ2v) is 7.16. The number of hydrogen-bond donors (Lipinski definition) is 1. The Labute approximate surface area is 116 Å². The third kappa shape index (κ3) is 2.25. The molecule has 1 aliphatic carbocycles. The molecule has 1 aliphatic rings. The van der Waals surface area contributed by atoms with Crippen molar-refractivity contribution >= 4 is 22.7 Å². The number of aromatic nitrogens is 1. The van der Waals surface area contributed by atoms with E-state index >= 15 is 0 Å². The Bertz CT molecular complexity index is 508. The fraction of sp³-hybridized carbons (Fsp3) is 0.500. The van der Waals surface area contributed by atoms with E-state index in [1.54, 1.807) is 22.7 Å². The molecule has 1 fully saturated rings. The number of nitrogens with zero attached hydrogens (tertiary/aromatic N) is 1. The second kappa shape index (κ2) is 4.76. The van der Waals surface area contributed by atoms with Gasteiger partial charge in [-0.1, -0.05) is 13.0 Å². The molecule has 0 unspecified atom stereocenters. The number of thiophene rings is 1. The quantitative estimate of drug-likeness (QED) is 0.892. The van der Waals surface area contributed by atoms with Gasteiger partial charge < -0.3 is 5.73 Å². The predicted octanol–water partition coefficient (Wildman–Crippen LogP) is 4.24. The summed E-state index contributed by atoms with van der Waals surface area (Å²) in [5, 5.41) is 5.36. The maximum Gasteiger partial charge on any atom is 0.113 e. The molecule has 2 heterocycles. The minimum atomic E-state index is -0.174. The summed E-state index contributed by atoms with van der Waals surface area (Å²) in [6.45, 7) is 2.32. The second-order valence-electron chi connectivity index (χ2n) is 5.35. The van der Waals surface area contributed by atoms with Crippen molar-refractivity contribution in [2.24, 2.45) is 11.7 Å². The van der Waals surface area contributed by atoms with Gasteiger partial charge in [0.25, 0.3) is 0 Å². The van der Waals surface area contributed by atoms with Crippen LogP contribution in [0, 0.1) is 5.92 Å². The molecule has 96 valence electrons. The van der Waals surface area contributed by atoms with Gasteiger partial charge in [0.2, 0.25) is 0 Å². The van der Waals surface area contributed by atoms with E-state index in [1.165, 1.54) is 17.7 Å². The zero-order chi connectivity index (χ0) is 12.6. The van der Waals surface area contributed by atoms with Crippen molar-refractivity contribution in [1.29, 1.82) is 0 Å². The minimum absolute atomic E-state index is 0.174. The molecule has 2 nitrogen and oxygen atoms in total. The molecule has 2 aromatic heterocycles. The first kappa shape index (κ1) is 12.3. The molecule has 0 aromatic carbocycles. The average molecular weight is 278 g/mol. The van der Waals surface area contributed by atoms with Crippen LogP contribution in [0.1, 0.15) is 37.6 Å². The fourth-order valence-electron chi connectivity index (χ4n) is 2.53. The first-order valence-corrected chi connectivity index (χ1v) is 8.22. The molecule has 0 saturated heterocycles. The van der Waals surface area contributed by atoms with Crippen molar-refractivity contribution in [2.45, 2.75) is 38.1 Å². The Hall–Kier alpha value is -0.710. The molecule has 18 heavy (non-hydrogen) atoms. The Kier molecular flexibility index (Phi) is 3.26. The number of hydrogen-bond acceptors (Lipinski definition) is 4. The van der Waals surface area contributed by atoms with Crippen LogP contribution >= 0.6 is 22.7 Å². The Morgan fingerprint density at radius 1 is 1.33 bits per heavy atom. The summed E-state index contributed by atoms with van der Waals surface area (Å²) in [7, 11) is 0. The summed E-state index contributed by atoms with van der Waals surface area (Å²) < 4.78 is 0. The Balaban J connectivity index is 1.85. The highest BCUT2D eigenvalue weighted by Crippen LogP contribution is 2.40. The molecule has 2 N–H and O–H groups in total. The van der Waals surface area contributed by atoms with Gasteiger partial charge in [0.15, 0.2) is 0 Å². The highest BCUT2D eigenvalue weighted by Gasteiger charge is 2.34. The number of nitrogens with two attached hydrogens (primary N) is 1. The smallest absolute Gasteiger partial charge is 0.113 e. The molecule has 3 rings (SSSR count).